The highest BCUT2D eigenvalue weighted by Crippen LogP contribution is 2.26. The van der Waals surface area contributed by atoms with Crippen molar-refractivity contribution in [1.29, 1.82) is 0 Å². The summed E-state index contributed by atoms with van der Waals surface area (Å²) < 4.78 is 26.5. The van der Waals surface area contributed by atoms with Crippen LogP contribution in [-0.4, -0.2) is 11.9 Å². The molecule has 7 heteroatoms. The maximum atomic E-state index is 13.1. The van der Waals surface area contributed by atoms with Gasteiger partial charge in [-0.05, 0) is 58.2 Å². The lowest BCUT2D eigenvalue weighted by Gasteiger charge is -2.12. The van der Waals surface area contributed by atoms with Crippen LogP contribution >= 0.6 is 15.9 Å². The molecule has 3 rings (SSSR count). The third kappa shape index (κ3) is 3.74. The SMILES string of the molecule is O=C(Nc1ccc(F)cc1Br)C1CC(c2ccc(F)cc2)NN1. The molecule has 0 radical (unpaired) electrons. The Morgan fingerprint density at radius 2 is 1.78 bits per heavy atom. The number of carbonyl (C=O) groups is 1. The molecule has 2 aromatic rings. The molecule has 1 aliphatic rings. The second kappa shape index (κ2) is 6.74. The van der Waals surface area contributed by atoms with Crippen LogP contribution in [0.3, 0.4) is 0 Å². The van der Waals surface area contributed by atoms with Crippen LogP contribution in [0.4, 0.5) is 14.5 Å². The Labute approximate surface area is 140 Å². The van der Waals surface area contributed by atoms with E-state index in [0.29, 0.717) is 16.6 Å². The maximum Gasteiger partial charge on any atom is 0.242 e. The Bertz CT molecular complexity index is 724. The second-order valence-corrected chi connectivity index (χ2v) is 6.15. The summed E-state index contributed by atoms with van der Waals surface area (Å²) in [6.07, 6.45) is 0.524. The van der Waals surface area contributed by atoms with E-state index in [-0.39, 0.29) is 23.6 Å². The van der Waals surface area contributed by atoms with E-state index in [1.807, 2.05) is 0 Å². The fraction of sp³-hybridized carbons (Fsp3) is 0.188. The van der Waals surface area contributed by atoms with Gasteiger partial charge in [-0.3, -0.25) is 4.79 Å². The summed E-state index contributed by atoms with van der Waals surface area (Å²) in [6, 6.07) is 9.69. The summed E-state index contributed by atoms with van der Waals surface area (Å²) in [7, 11) is 0. The third-order valence-electron chi connectivity index (χ3n) is 3.68. The first-order chi connectivity index (χ1) is 11.0. The van der Waals surface area contributed by atoms with Gasteiger partial charge in [0.05, 0.1) is 5.69 Å². The fourth-order valence-corrected chi connectivity index (χ4v) is 2.90. The highest BCUT2D eigenvalue weighted by Gasteiger charge is 2.30. The molecule has 4 nitrogen and oxygen atoms in total. The van der Waals surface area contributed by atoms with Gasteiger partial charge < -0.3 is 5.32 Å². The van der Waals surface area contributed by atoms with Gasteiger partial charge in [-0.25, -0.2) is 19.6 Å². The second-order valence-electron chi connectivity index (χ2n) is 5.29. The highest BCUT2D eigenvalue weighted by molar-refractivity contribution is 9.10. The minimum atomic E-state index is -0.443. The van der Waals surface area contributed by atoms with Gasteiger partial charge in [0.15, 0.2) is 0 Å². The zero-order valence-electron chi connectivity index (χ0n) is 11.9. The number of hydrogen-bond donors (Lipinski definition) is 3. The van der Waals surface area contributed by atoms with Crippen LogP contribution in [0.2, 0.25) is 0 Å². The molecule has 0 aromatic heterocycles. The number of rotatable bonds is 3. The topological polar surface area (TPSA) is 53.2 Å². The van der Waals surface area contributed by atoms with E-state index in [2.05, 4.69) is 32.1 Å². The zero-order chi connectivity index (χ0) is 16.4. The van der Waals surface area contributed by atoms with E-state index in [1.165, 1.54) is 30.3 Å². The fourth-order valence-electron chi connectivity index (χ4n) is 2.45. The van der Waals surface area contributed by atoms with Crippen LogP contribution in [0.25, 0.3) is 0 Å². The van der Waals surface area contributed by atoms with E-state index in [4.69, 9.17) is 0 Å². The number of amides is 1. The number of carbonyl (C=O) groups excluding carboxylic acids is 1. The van der Waals surface area contributed by atoms with Crippen molar-refractivity contribution in [3.05, 3.63) is 64.1 Å². The maximum absolute atomic E-state index is 13.1. The lowest BCUT2D eigenvalue weighted by Crippen LogP contribution is -2.39. The molecular formula is C16H14BrF2N3O. The third-order valence-corrected chi connectivity index (χ3v) is 4.34. The van der Waals surface area contributed by atoms with E-state index < -0.39 is 6.04 Å². The van der Waals surface area contributed by atoms with E-state index >= 15 is 0 Å². The van der Waals surface area contributed by atoms with Crippen molar-refractivity contribution < 1.29 is 13.6 Å². The van der Waals surface area contributed by atoms with E-state index in [0.717, 1.165) is 5.56 Å². The molecule has 1 heterocycles. The average molecular weight is 382 g/mol. The van der Waals surface area contributed by atoms with Crippen LogP contribution in [0.15, 0.2) is 46.9 Å². The monoisotopic (exact) mass is 381 g/mol. The first kappa shape index (κ1) is 16.0. The summed E-state index contributed by atoms with van der Waals surface area (Å²) in [5, 5.41) is 2.75. The van der Waals surface area contributed by atoms with Crippen molar-refractivity contribution in [2.24, 2.45) is 0 Å². The minimum absolute atomic E-state index is 0.0805. The van der Waals surface area contributed by atoms with Gasteiger partial charge in [0, 0.05) is 10.5 Å². The van der Waals surface area contributed by atoms with Crippen molar-refractivity contribution in [3.63, 3.8) is 0 Å². The largest absolute Gasteiger partial charge is 0.324 e. The summed E-state index contributed by atoms with van der Waals surface area (Å²) in [5.41, 5.74) is 7.36. The van der Waals surface area contributed by atoms with Gasteiger partial charge in [0.1, 0.15) is 17.7 Å². The number of anilines is 1. The predicted octanol–water partition coefficient (Wildman–Crippen LogP) is 3.27. The Kier molecular flexibility index (Phi) is 4.70. The molecule has 3 N–H and O–H groups in total. The molecule has 0 spiro atoms. The quantitative estimate of drug-likeness (QED) is 0.764. The van der Waals surface area contributed by atoms with Crippen molar-refractivity contribution in [1.82, 2.24) is 10.9 Å². The lowest BCUT2D eigenvalue weighted by atomic mass is 10.0. The number of halogens is 3. The first-order valence-electron chi connectivity index (χ1n) is 7.05. The molecule has 2 atom stereocenters. The molecule has 0 saturated carbocycles. The Hall–Kier alpha value is -1.83. The molecule has 1 aliphatic heterocycles. The lowest BCUT2D eigenvalue weighted by molar-refractivity contribution is -0.117. The molecule has 0 aliphatic carbocycles. The molecule has 1 saturated heterocycles. The van der Waals surface area contributed by atoms with Gasteiger partial charge in [0.25, 0.3) is 0 Å². The van der Waals surface area contributed by atoms with E-state index in [9.17, 15) is 13.6 Å². The van der Waals surface area contributed by atoms with Gasteiger partial charge in [-0.2, -0.15) is 0 Å². The van der Waals surface area contributed by atoms with Gasteiger partial charge in [-0.15, -0.1) is 0 Å². The highest BCUT2D eigenvalue weighted by atomic mass is 79.9. The standard InChI is InChI=1S/C16H14BrF2N3O/c17-12-7-11(19)5-6-13(12)20-16(23)15-8-14(21-22-15)9-1-3-10(18)4-2-9/h1-7,14-15,21-22H,8H2,(H,20,23). The van der Waals surface area contributed by atoms with Crippen LogP contribution < -0.4 is 16.2 Å². The number of hydrazine groups is 1. The molecule has 120 valence electrons. The Morgan fingerprint density at radius 3 is 2.48 bits per heavy atom. The Morgan fingerprint density at radius 1 is 1.09 bits per heavy atom. The molecule has 1 fully saturated rings. The summed E-state index contributed by atoms with van der Waals surface area (Å²) in [4.78, 5) is 12.3. The summed E-state index contributed by atoms with van der Waals surface area (Å²) in [5.74, 6) is -0.906. The van der Waals surface area contributed by atoms with Gasteiger partial charge in [-0.1, -0.05) is 12.1 Å². The van der Waals surface area contributed by atoms with Crippen LogP contribution in [0.1, 0.15) is 18.0 Å². The number of hydrogen-bond acceptors (Lipinski definition) is 3. The smallest absolute Gasteiger partial charge is 0.242 e. The van der Waals surface area contributed by atoms with Crippen molar-refractivity contribution >= 4 is 27.5 Å². The minimum Gasteiger partial charge on any atom is -0.324 e. The molecule has 0 bridgehead atoms. The molecular weight excluding hydrogens is 368 g/mol. The van der Waals surface area contributed by atoms with Crippen molar-refractivity contribution in [2.45, 2.75) is 18.5 Å². The van der Waals surface area contributed by atoms with Gasteiger partial charge >= 0.3 is 0 Å². The Balaban J connectivity index is 1.64. The van der Waals surface area contributed by atoms with Gasteiger partial charge in [0.2, 0.25) is 5.91 Å². The van der Waals surface area contributed by atoms with Crippen LogP contribution in [0, 0.1) is 11.6 Å². The zero-order valence-corrected chi connectivity index (χ0v) is 13.5. The van der Waals surface area contributed by atoms with Crippen LogP contribution in [-0.2, 0) is 4.79 Å². The molecule has 1 amide bonds. The normalized spacial score (nSPS) is 20.5. The average Bonchev–Trinajstić information content (AvgIpc) is 3.01. The van der Waals surface area contributed by atoms with Crippen molar-refractivity contribution in [3.8, 4) is 0 Å². The van der Waals surface area contributed by atoms with Crippen LogP contribution in [0.5, 0.6) is 0 Å². The number of nitrogens with one attached hydrogen (secondary N) is 3. The van der Waals surface area contributed by atoms with Crippen molar-refractivity contribution in [2.75, 3.05) is 5.32 Å². The molecule has 2 aromatic carbocycles. The van der Waals surface area contributed by atoms with E-state index in [1.54, 1.807) is 12.1 Å². The summed E-state index contributed by atoms with van der Waals surface area (Å²) in [6.45, 7) is 0. The predicted molar refractivity (Wildman–Crippen MR) is 86.5 cm³/mol. The summed E-state index contributed by atoms with van der Waals surface area (Å²) >= 11 is 3.21. The molecule has 23 heavy (non-hydrogen) atoms. The molecule has 2 unspecified atom stereocenters. The first-order valence-corrected chi connectivity index (χ1v) is 7.84. The number of benzene rings is 2.